The van der Waals surface area contributed by atoms with E-state index in [1.165, 1.54) is 24.2 Å². The van der Waals surface area contributed by atoms with Crippen LogP contribution < -0.4 is 5.73 Å². The first-order valence-electron chi connectivity index (χ1n) is 13.8. The molecular weight excluding hydrogens is 615 g/mol. The summed E-state index contributed by atoms with van der Waals surface area (Å²) >= 11 is 2.16. The molecule has 3 fully saturated rings. The fourth-order valence-electron chi connectivity index (χ4n) is 7.70. The van der Waals surface area contributed by atoms with Gasteiger partial charge in [0.15, 0.2) is 34.7 Å². The average molecular weight is 651 g/mol. The highest BCUT2D eigenvalue weighted by molar-refractivity contribution is 14.1. The SMILES string of the molecule is CN(C)C1C(=O)C(C(N)=O)C(=O)C2(O)C(=O)C3C(=O)c4c(O)c(CCC5CCCCC5)cc(I)c4CC3CC12. The van der Waals surface area contributed by atoms with Gasteiger partial charge in [0.05, 0.1) is 17.5 Å². The van der Waals surface area contributed by atoms with Crippen molar-refractivity contribution in [3.05, 3.63) is 26.3 Å². The van der Waals surface area contributed by atoms with Crippen molar-refractivity contribution < 1.29 is 34.2 Å². The van der Waals surface area contributed by atoms with Gasteiger partial charge in [0.1, 0.15) is 5.75 Å². The largest absolute Gasteiger partial charge is 0.507 e. The third-order valence-electron chi connectivity index (χ3n) is 9.63. The third-order valence-corrected chi connectivity index (χ3v) is 10.6. The number of ketones is 4. The number of carbonyl (C=O) groups excluding carboxylic acids is 5. The van der Waals surface area contributed by atoms with Crippen LogP contribution in [0.15, 0.2) is 6.07 Å². The normalized spacial score (nSPS) is 33.1. The van der Waals surface area contributed by atoms with Crippen molar-refractivity contribution in [1.29, 1.82) is 0 Å². The number of aliphatic hydroxyl groups is 1. The second-order valence-corrected chi connectivity index (χ2v) is 13.2. The molecule has 0 bridgehead atoms. The first-order valence-corrected chi connectivity index (χ1v) is 14.8. The van der Waals surface area contributed by atoms with Crippen LogP contribution in [0.2, 0.25) is 0 Å². The molecule has 4 N–H and O–H groups in total. The molecule has 1 aromatic carbocycles. The molecule has 6 unspecified atom stereocenters. The second-order valence-electron chi connectivity index (χ2n) is 12.1. The van der Waals surface area contributed by atoms with Crippen molar-refractivity contribution in [2.45, 2.75) is 69.4 Å². The molecule has 3 saturated carbocycles. The number of Topliss-reactive ketones (excluding diaryl/α,β-unsaturated/α-hetero) is 4. The summed E-state index contributed by atoms with van der Waals surface area (Å²) in [4.78, 5) is 68.0. The summed E-state index contributed by atoms with van der Waals surface area (Å²) in [5.41, 5.74) is 4.09. The van der Waals surface area contributed by atoms with E-state index in [9.17, 15) is 34.2 Å². The molecule has 4 aliphatic carbocycles. The van der Waals surface area contributed by atoms with E-state index in [-0.39, 0.29) is 17.7 Å². The third kappa shape index (κ3) is 4.37. The van der Waals surface area contributed by atoms with E-state index < -0.39 is 64.4 Å². The number of halogens is 1. The molecule has 0 spiro atoms. The molecule has 0 aromatic heterocycles. The van der Waals surface area contributed by atoms with Gasteiger partial charge < -0.3 is 15.9 Å². The number of nitrogens with two attached hydrogens (primary N) is 1. The minimum Gasteiger partial charge on any atom is -0.507 e. The predicted octanol–water partition coefficient (Wildman–Crippen LogP) is 1.98. The first-order chi connectivity index (χ1) is 18.4. The number of phenols is 1. The Morgan fingerprint density at radius 1 is 1.13 bits per heavy atom. The van der Waals surface area contributed by atoms with Crippen molar-refractivity contribution in [3.63, 3.8) is 0 Å². The van der Waals surface area contributed by atoms with Gasteiger partial charge in [-0.1, -0.05) is 32.1 Å². The lowest BCUT2D eigenvalue weighted by molar-refractivity contribution is -0.181. The van der Waals surface area contributed by atoms with Crippen LogP contribution in [0.3, 0.4) is 0 Å². The fraction of sp³-hybridized carbons (Fsp3) is 0.621. The number of aromatic hydroxyl groups is 1. The predicted molar refractivity (Wildman–Crippen MR) is 149 cm³/mol. The van der Waals surface area contributed by atoms with Crippen molar-refractivity contribution in [2.24, 2.45) is 35.3 Å². The van der Waals surface area contributed by atoms with Crippen LogP contribution in [0.25, 0.3) is 0 Å². The average Bonchev–Trinajstić information content (AvgIpc) is 2.87. The molecule has 210 valence electrons. The summed E-state index contributed by atoms with van der Waals surface area (Å²) < 4.78 is 0.827. The van der Waals surface area contributed by atoms with Gasteiger partial charge in [0.25, 0.3) is 0 Å². The zero-order chi connectivity index (χ0) is 28.4. The Labute approximate surface area is 241 Å². The molecule has 5 rings (SSSR count). The minimum absolute atomic E-state index is 0.0597. The van der Waals surface area contributed by atoms with Gasteiger partial charge in [-0.3, -0.25) is 28.9 Å². The Balaban J connectivity index is 1.53. The van der Waals surface area contributed by atoms with Crippen molar-refractivity contribution in [1.82, 2.24) is 4.90 Å². The second kappa shape index (κ2) is 10.3. The summed E-state index contributed by atoms with van der Waals surface area (Å²) in [7, 11) is 3.15. The van der Waals surface area contributed by atoms with E-state index in [1.54, 1.807) is 14.1 Å². The Kier molecular flexibility index (Phi) is 7.51. The summed E-state index contributed by atoms with van der Waals surface area (Å²) in [5, 5.41) is 23.0. The first kappa shape index (κ1) is 28.4. The number of carbonyl (C=O) groups is 5. The van der Waals surface area contributed by atoms with E-state index in [4.69, 9.17) is 5.73 Å². The Bertz CT molecular complexity index is 1270. The molecule has 4 aliphatic rings. The van der Waals surface area contributed by atoms with Crippen LogP contribution in [0.5, 0.6) is 5.75 Å². The number of fused-ring (bicyclic) bond motifs is 3. The maximum Gasteiger partial charge on any atom is 0.235 e. The van der Waals surface area contributed by atoms with Crippen LogP contribution in [-0.2, 0) is 32.0 Å². The van der Waals surface area contributed by atoms with Gasteiger partial charge in [-0.2, -0.15) is 0 Å². The summed E-state index contributed by atoms with van der Waals surface area (Å²) in [6.07, 6.45) is 7.88. The van der Waals surface area contributed by atoms with Gasteiger partial charge in [-0.05, 0) is 91.4 Å². The van der Waals surface area contributed by atoms with E-state index in [0.29, 0.717) is 29.9 Å². The number of hydrogen-bond acceptors (Lipinski definition) is 8. The lowest BCUT2D eigenvalue weighted by Gasteiger charge is -2.52. The van der Waals surface area contributed by atoms with Crippen molar-refractivity contribution in [2.75, 3.05) is 14.1 Å². The monoisotopic (exact) mass is 650 g/mol. The highest BCUT2D eigenvalue weighted by atomic mass is 127. The van der Waals surface area contributed by atoms with E-state index in [1.807, 2.05) is 6.07 Å². The van der Waals surface area contributed by atoms with E-state index in [0.717, 1.165) is 22.8 Å². The topological polar surface area (TPSA) is 155 Å². The molecule has 1 aromatic rings. The van der Waals surface area contributed by atoms with Gasteiger partial charge >= 0.3 is 0 Å². The highest BCUT2D eigenvalue weighted by Crippen LogP contribution is 2.51. The highest BCUT2D eigenvalue weighted by Gasteiger charge is 2.69. The molecule has 9 nitrogen and oxygen atoms in total. The number of benzene rings is 1. The molecule has 0 radical (unpaired) electrons. The molecule has 1 amide bonds. The van der Waals surface area contributed by atoms with Crippen LogP contribution in [0, 0.1) is 33.2 Å². The summed E-state index contributed by atoms with van der Waals surface area (Å²) in [6.45, 7) is 0. The quantitative estimate of drug-likeness (QED) is 0.323. The molecule has 10 heteroatoms. The number of likely N-dealkylation sites (N-methyl/N-ethyl adjacent to an activating group) is 1. The minimum atomic E-state index is -2.70. The lowest BCUT2D eigenvalue weighted by atomic mass is 9.52. The van der Waals surface area contributed by atoms with Crippen LogP contribution in [0.1, 0.15) is 66.4 Å². The van der Waals surface area contributed by atoms with Gasteiger partial charge in [-0.25, -0.2) is 0 Å². The van der Waals surface area contributed by atoms with Gasteiger partial charge in [0.2, 0.25) is 5.91 Å². The number of aryl methyl sites for hydroxylation is 1. The Morgan fingerprint density at radius 3 is 2.41 bits per heavy atom. The smallest absolute Gasteiger partial charge is 0.235 e. The number of amides is 1. The fourth-order valence-corrected chi connectivity index (χ4v) is 8.57. The maximum absolute atomic E-state index is 13.9. The van der Waals surface area contributed by atoms with E-state index in [2.05, 4.69) is 22.6 Å². The number of nitrogens with zero attached hydrogens (tertiary/aromatic N) is 1. The molecule has 39 heavy (non-hydrogen) atoms. The Morgan fingerprint density at radius 2 is 1.79 bits per heavy atom. The maximum atomic E-state index is 13.9. The summed E-state index contributed by atoms with van der Waals surface area (Å²) in [6, 6.07) is 0.820. The van der Waals surface area contributed by atoms with E-state index >= 15 is 0 Å². The lowest BCUT2D eigenvalue weighted by Crippen LogP contribution is -2.74. The molecular formula is C29H35IN2O7. The summed E-state index contributed by atoms with van der Waals surface area (Å²) in [5.74, 6) is -9.38. The van der Waals surface area contributed by atoms with Crippen LogP contribution >= 0.6 is 22.6 Å². The number of phenolic OH excluding ortho intramolecular Hbond substituents is 1. The van der Waals surface area contributed by atoms with Crippen LogP contribution in [-0.4, -0.2) is 69.9 Å². The van der Waals surface area contributed by atoms with Crippen molar-refractivity contribution in [3.8, 4) is 5.75 Å². The zero-order valence-corrected chi connectivity index (χ0v) is 24.4. The standard InChI is InChI=1S/C29H35IN2O7/c1-32(2)22-17-11-15-10-16-18(30)12-14(9-8-13-6-4-3-5-7-13)23(33)20(16)24(34)19(15)26(36)29(17,39)27(37)21(25(22)35)28(31)38/h12-13,15,17,19,21-22,33,39H,3-11H2,1-2H3,(H2,31,38). The molecule has 0 saturated heterocycles. The zero-order valence-electron chi connectivity index (χ0n) is 22.2. The van der Waals surface area contributed by atoms with Crippen molar-refractivity contribution >= 4 is 51.6 Å². The molecule has 0 heterocycles. The Hall–Kier alpha value is -2.18. The molecule has 0 aliphatic heterocycles. The van der Waals surface area contributed by atoms with Gasteiger partial charge in [-0.15, -0.1) is 0 Å². The molecule has 6 atom stereocenters. The number of hydrogen-bond donors (Lipinski definition) is 3. The van der Waals surface area contributed by atoms with Gasteiger partial charge in [0, 0.05) is 9.49 Å². The number of primary amides is 1. The van der Waals surface area contributed by atoms with Crippen LogP contribution in [0.4, 0.5) is 0 Å². The number of rotatable bonds is 5.